The lowest BCUT2D eigenvalue weighted by atomic mass is 10.1. The molecule has 0 unspecified atom stereocenters. The highest BCUT2D eigenvalue weighted by Crippen LogP contribution is 2.23. The van der Waals surface area contributed by atoms with Crippen LogP contribution in [-0.2, 0) is 0 Å². The molecule has 0 aliphatic heterocycles. The average molecular weight is 334 g/mol. The van der Waals surface area contributed by atoms with E-state index in [1.54, 1.807) is 41.2 Å². The molecule has 0 saturated heterocycles. The maximum absolute atomic E-state index is 13.1. The largest absolute Gasteiger partial charge is 0.268 e. The first-order valence-electron chi connectivity index (χ1n) is 7.42. The number of aromatic nitrogens is 3. The molecular formula is C19H12ClN3O. The number of benzene rings is 2. The molecule has 0 aliphatic rings. The Morgan fingerprint density at radius 1 is 0.958 bits per heavy atom. The SMILES string of the molecule is O=c1c2ccc(Cl)cc2nc(-c2ccccc2)n1-c1cccnc1. The molecule has 4 nitrogen and oxygen atoms in total. The summed E-state index contributed by atoms with van der Waals surface area (Å²) in [4.78, 5) is 21.9. The molecule has 2 heterocycles. The fraction of sp³-hybridized carbons (Fsp3) is 0. The van der Waals surface area contributed by atoms with Gasteiger partial charge in [-0.3, -0.25) is 14.3 Å². The highest BCUT2D eigenvalue weighted by atomic mass is 35.5. The zero-order valence-corrected chi connectivity index (χ0v) is 13.3. The lowest BCUT2D eigenvalue weighted by Crippen LogP contribution is -2.22. The Morgan fingerprint density at radius 2 is 1.79 bits per heavy atom. The van der Waals surface area contributed by atoms with Crippen molar-refractivity contribution >= 4 is 22.5 Å². The minimum absolute atomic E-state index is 0.150. The molecule has 0 aliphatic carbocycles. The van der Waals surface area contributed by atoms with Gasteiger partial charge in [0.05, 0.1) is 22.8 Å². The Balaban J connectivity index is 2.14. The van der Waals surface area contributed by atoms with Crippen molar-refractivity contribution in [1.82, 2.24) is 14.5 Å². The van der Waals surface area contributed by atoms with Crippen LogP contribution in [0.1, 0.15) is 0 Å². The van der Waals surface area contributed by atoms with Crippen LogP contribution in [0.15, 0.2) is 77.9 Å². The molecule has 0 spiro atoms. The van der Waals surface area contributed by atoms with E-state index in [0.29, 0.717) is 27.4 Å². The van der Waals surface area contributed by atoms with Crippen molar-refractivity contribution in [3.05, 3.63) is 88.4 Å². The Hall–Kier alpha value is -2.98. The Labute approximate surface area is 143 Å². The van der Waals surface area contributed by atoms with E-state index >= 15 is 0 Å². The van der Waals surface area contributed by atoms with Gasteiger partial charge in [-0.25, -0.2) is 4.98 Å². The third-order valence-electron chi connectivity index (χ3n) is 3.77. The molecule has 5 heteroatoms. The Kier molecular flexibility index (Phi) is 3.59. The maximum atomic E-state index is 13.1. The van der Waals surface area contributed by atoms with E-state index in [1.165, 1.54) is 0 Å². The second-order valence-electron chi connectivity index (χ2n) is 5.31. The number of hydrogen-bond acceptors (Lipinski definition) is 3. The summed E-state index contributed by atoms with van der Waals surface area (Å²) < 4.78 is 1.58. The Morgan fingerprint density at radius 3 is 2.54 bits per heavy atom. The molecule has 4 aromatic rings. The van der Waals surface area contributed by atoms with Crippen LogP contribution in [0, 0.1) is 0 Å². The van der Waals surface area contributed by atoms with Crippen molar-refractivity contribution in [2.45, 2.75) is 0 Å². The van der Waals surface area contributed by atoms with Gasteiger partial charge in [0.2, 0.25) is 0 Å². The lowest BCUT2D eigenvalue weighted by Gasteiger charge is -2.13. The fourth-order valence-corrected chi connectivity index (χ4v) is 2.83. The molecular weight excluding hydrogens is 322 g/mol. The van der Waals surface area contributed by atoms with Gasteiger partial charge in [-0.1, -0.05) is 41.9 Å². The third kappa shape index (κ3) is 2.47. The van der Waals surface area contributed by atoms with E-state index in [9.17, 15) is 4.79 Å². The predicted molar refractivity (Wildman–Crippen MR) is 95.6 cm³/mol. The molecule has 0 N–H and O–H groups in total. The van der Waals surface area contributed by atoms with Gasteiger partial charge in [-0.15, -0.1) is 0 Å². The first kappa shape index (κ1) is 14.6. The molecule has 4 rings (SSSR count). The number of rotatable bonds is 2. The van der Waals surface area contributed by atoms with Crippen molar-refractivity contribution in [1.29, 1.82) is 0 Å². The first-order chi connectivity index (χ1) is 11.7. The van der Waals surface area contributed by atoms with E-state index in [-0.39, 0.29) is 5.56 Å². The van der Waals surface area contributed by atoms with Crippen LogP contribution in [0.3, 0.4) is 0 Å². The number of fused-ring (bicyclic) bond motifs is 1. The van der Waals surface area contributed by atoms with E-state index in [4.69, 9.17) is 16.6 Å². The van der Waals surface area contributed by atoms with E-state index in [2.05, 4.69) is 4.98 Å². The summed E-state index contributed by atoms with van der Waals surface area (Å²) in [5.74, 6) is 0.559. The number of nitrogens with zero attached hydrogens (tertiary/aromatic N) is 3. The molecule has 0 fully saturated rings. The van der Waals surface area contributed by atoms with Crippen molar-refractivity contribution in [3.63, 3.8) is 0 Å². The minimum Gasteiger partial charge on any atom is -0.268 e. The van der Waals surface area contributed by atoms with Gasteiger partial charge in [-0.05, 0) is 30.3 Å². The average Bonchev–Trinajstić information content (AvgIpc) is 2.63. The van der Waals surface area contributed by atoms with Crippen LogP contribution in [-0.4, -0.2) is 14.5 Å². The van der Waals surface area contributed by atoms with Crippen molar-refractivity contribution < 1.29 is 0 Å². The summed E-state index contributed by atoms with van der Waals surface area (Å²) in [6.07, 6.45) is 3.32. The standard InChI is InChI=1S/C19H12ClN3O/c20-14-8-9-16-17(11-14)22-18(13-5-2-1-3-6-13)23(19(16)24)15-7-4-10-21-12-15/h1-12H. The van der Waals surface area contributed by atoms with Crippen molar-refractivity contribution in [2.24, 2.45) is 0 Å². The summed E-state index contributed by atoms with van der Waals surface area (Å²) in [6, 6.07) is 18.3. The highest BCUT2D eigenvalue weighted by molar-refractivity contribution is 6.31. The van der Waals surface area contributed by atoms with Crippen LogP contribution in [0.2, 0.25) is 5.02 Å². The molecule has 24 heavy (non-hydrogen) atoms. The Bertz CT molecular complexity index is 1080. The van der Waals surface area contributed by atoms with Gasteiger partial charge in [0.15, 0.2) is 0 Å². The number of hydrogen-bond donors (Lipinski definition) is 0. The van der Waals surface area contributed by atoms with Gasteiger partial charge in [0, 0.05) is 16.8 Å². The third-order valence-corrected chi connectivity index (χ3v) is 4.00. The normalized spacial score (nSPS) is 10.9. The van der Waals surface area contributed by atoms with Gasteiger partial charge in [0.25, 0.3) is 5.56 Å². The van der Waals surface area contributed by atoms with Crippen LogP contribution in [0.4, 0.5) is 0 Å². The van der Waals surface area contributed by atoms with E-state index in [1.807, 2.05) is 36.4 Å². The van der Waals surface area contributed by atoms with Gasteiger partial charge < -0.3 is 0 Å². The van der Waals surface area contributed by atoms with Crippen LogP contribution < -0.4 is 5.56 Å². The smallest absolute Gasteiger partial charge is 0.266 e. The number of pyridine rings is 1. The summed E-state index contributed by atoms with van der Waals surface area (Å²) >= 11 is 6.07. The fourth-order valence-electron chi connectivity index (χ4n) is 2.67. The molecule has 0 amide bonds. The van der Waals surface area contributed by atoms with Gasteiger partial charge in [0.1, 0.15) is 5.82 Å². The monoisotopic (exact) mass is 333 g/mol. The zero-order chi connectivity index (χ0) is 16.5. The zero-order valence-electron chi connectivity index (χ0n) is 12.6. The van der Waals surface area contributed by atoms with Gasteiger partial charge in [-0.2, -0.15) is 0 Å². The molecule has 2 aromatic heterocycles. The topological polar surface area (TPSA) is 47.8 Å². The van der Waals surface area contributed by atoms with Crippen LogP contribution in [0.5, 0.6) is 0 Å². The molecule has 2 aromatic carbocycles. The van der Waals surface area contributed by atoms with E-state index in [0.717, 1.165) is 5.56 Å². The summed E-state index contributed by atoms with van der Waals surface area (Å²) in [7, 11) is 0. The first-order valence-corrected chi connectivity index (χ1v) is 7.80. The highest BCUT2D eigenvalue weighted by Gasteiger charge is 2.14. The summed E-state index contributed by atoms with van der Waals surface area (Å²) in [5, 5.41) is 1.07. The van der Waals surface area contributed by atoms with E-state index < -0.39 is 0 Å². The molecule has 0 bridgehead atoms. The predicted octanol–water partition coefficient (Wildman–Crippen LogP) is 4.10. The molecule has 0 saturated carbocycles. The second-order valence-corrected chi connectivity index (χ2v) is 5.75. The van der Waals surface area contributed by atoms with Crippen LogP contribution in [0.25, 0.3) is 28.0 Å². The summed E-state index contributed by atoms with van der Waals surface area (Å²) in [6.45, 7) is 0. The second kappa shape index (κ2) is 5.91. The molecule has 0 atom stereocenters. The molecule has 0 radical (unpaired) electrons. The van der Waals surface area contributed by atoms with Gasteiger partial charge >= 0.3 is 0 Å². The summed E-state index contributed by atoms with van der Waals surface area (Å²) in [5.41, 5.74) is 1.95. The number of halogens is 1. The molecule has 116 valence electrons. The minimum atomic E-state index is -0.150. The van der Waals surface area contributed by atoms with Crippen LogP contribution >= 0.6 is 11.6 Å². The maximum Gasteiger partial charge on any atom is 0.266 e. The lowest BCUT2D eigenvalue weighted by molar-refractivity contribution is 0.965. The quantitative estimate of drug-likeness (QED) is 0.555. The van der Waals surface area contributed by atoms with Crippen molar-refractivity contribution in [2.75, 3.05) is 0 Å². The van der Waals surface area contributed by atoms with Crippen molar-refractivity contribution in [3.8, 4) is 17.1 Å².